The number of anilines is 1. The van der Waals surface area contributed by atoms with Crippen LogP contribution in [0.25, 0.3) is 0 Å². The summed E-state index contributed by atoms with van der Waals surface area (Å²) in [7, 11) is 0. The second-order valence-corrected chi connectivity index (χ2v) is 2.85. The van der Waals surface area contributed by atoms with Crippen LogP contribution in [0.4, 0.5) is 5.69 Å². The molecule has 0 saturated carbocycles. The van der Waals surface area contributed by atoms with E-state index in [0.29, 0.717) is 6.42 Å². The molecule has 0 aliphatic carbocycles. The molecule has 1 N–H and O–H groups in total. The van der Waals surface area contributed by atoms with E-state index in [1.807, 2.05) is 12.1 Å². The highest BCUT2D eigenvalue weighted by Gasteiger charge is 1.98. The average Bonchev–Trinajstić information content (AvgIpc) is 2.17. The molecule has 2 heteroatoms. The van der Waals surface area contributed by atoms with Gasteiger partial charge in [-0.15, -0.1) is 0 Å². The van der Waals surface area contributed by atoms with Crippen molar-refractivity contribution >= 4 is 5.69 Å². The lowest BCUT2D eigenvalue weighted by atomic mass is 10.1. The van der Waals surface area contributed by atoms with E-state index in [9.17, 15) is 0 Å². The zero-order valence-corrected chi connectivity index (χ0v) is 7.88. The van der Waals surface area contributed by atoms with Gasteiger partial charge >= 0.3 is 0 Å². The van der Waals surface area contributed by atoms with Crippen LogP contribution in [0.3, 0.4) is 0 Å². The van der Waals surface area contributed by atoms with Crippen LogP contribution in [0.2, 0.25) is 0 Å². The van der Waals surface area contributed by atoms with Crippen molar-refractivity contribution in [1.29, 1.82) is 5.26 Å². The zero-order chi connectivity index (χ0) is 9.52. The summed E-state index contributed by atoms with van der Waals surface area (Å²) in [6, 6.07) is 10.3. The summed E-state index contributed by atoms with van der Waals surface area (Å²) in [5.41, 5.74) is 2.38. The van der Waals surface area contributed by atoms with Gasteiger partial charge in [0.1, 0.15) is 0 Å². The molecule has 1 aromatic rings. The Kier molecular flexibility index (Phi) is 3.84. The summed E-state index contributed by atoms with van der Waals surface area (Å²) in [6.45, 7) is 2.99. The molecule has 0 aliphatic rings. The Morgan fingerprint density at radius 2 is 2.15 bits per heavy atom. The molecule has 0 atom stereocenters. The Labute approximate surface area is 79.2 Å². The third-order valence-corrected chi connectivity index (χ3v) is 1.89. The summed E-state index contributed by atoms with van der Waals surface area (Å²) in [4.78, 5) is 0. The fourth-order valence-electron chi connectivity index (χ4n) is 1.29. The molecular weight excluding hydrogens is 160 g/mol. The van der Waals surface area contributed by atoms with Crippen LogP contribution in [0.15, 0.2) is 24.3 Å². The average molecular weight is 174 g/mol. The summed E-state index contributed by atoms with van der Waals surface area (Å²) in [5.74, 6) is 0. The SMILES string of the molecule is CCNc1ccccc1CCC#N. The Morgan fingerprint density at radius 3 is 2.85 bits per heavy atom. The van der Waals surface area contributed by atoms with E-state index in [2.05, 4.69) is 30.4 Å². The normalized spacial score (nSPS) is 9.23. The van der Waals surface area contributed by atoms with E-state index in [0.717, 1.165) is 18.7 Å². The van der Waals surface area contributed by atoms with Crippen LogP contribution in [0, 0.1) is 11.3 Å². The largest absolute Gasteiger partial charge is 0.385 e. The molecule has 1 aromatic carbocycles. The molecule has 0 aromatic heterocycles. The van der Waals surface area contributed by atoms with Crippen LogP contribution in [0.1, 0.15) is 18.9 Å². The predicted octanol–water partition coefficient (Wildman–Crippen LogP) is 2.57. The third-order valence-electron chi connectivity index (χ3n) is 1.89. The zero-order valence-electron chi connectivity index (χ0n) is 7.88. The molecule has 0 unspecified atom stereocenters. The molecule has 0 bridgehead atoms. The lowest BCUT2D eigenvalue weighted by Crippen LogP contribution is -2.00. The van der Waals surface area contributed by atoms with Crippen molar-refractivity contribution in [2.24, 2.45) is 0 Å². The highest BCUT2D eigenvalue weighted by molar-refractivity contribution is 5.51. The molecule has 68 valence electrons. The van der Waals surface area contributed by atoms with Gasteiger partial charge in [-0.2, -0.15) is 5.26 Å². The van der Waals surface area contributed by atoms with Gasteiger partial charge in [0.25, 0.3) is 0 Å². The van der Waals surface area contributed by atoms with Crippen LogP contribution in [0.5, 0.6) is 0 Å². The summed E-state index contributed by atoms with van der Waals surface area (Å²) in [6.07, 6.45) is 1.42. The maximum atomic E-state index is 8.48. The van der Waals surface area contributed by atoms with E-state index in [1.54, 1.807) is 0 Å². The minimum absolute atomic E-state index is 0.586. The third kappa shape index (κ3) is 2.79. The van der Waals surface area contributed by atoms with Gasteiger partial charge in [0, 0.05) is 18.7 Å². The van der Waals surface area contributed by atoms with Gasteiger partial charge in [-0.25, -0.2) is 0 Å². The second kappa shape index (κ2) is 5.21. The van der Waals surface area contributed by atoms with Gasteiger partial charge in [0.15, 0.2) is 0 Å². The maximum absolute atomic E-state index is 8.48. The maximum Gasteiger partial charge on any atom is 0.0625 e. The van der Waals surface area contributed by atoms with Crippen LogP contribution >= 0.6 is 0 Å². The molecule has 0 fully saturated rings. The highest BCUT2D eigenvalue weighted by Crippen LogP contribution is 2.15. The minimum atomic E-state index is 0.586. The number of nitrogens with zero attached hydrogens (tertiary/aromatic N) is 1. The second-order valence-electron chi connectivity index (χ2n) is 2.85. The fourth-order valence-corrected chi connectivity index (χ4v) is 1.29. The molecule has 2 nitrogen and oxygen atoms in total. The fraction of sp³-hybridized carbons (Fsp3) is 0.364. The first kappa shape index (κ1) is 9.60. The first-order chi connectivity index (χ1) is 6.38. The monoisotopic (exact) mass is 174 g/mol. The van der Waals surface area contributed by atoms with Crippen molar-refractivity contribution in [2.45, 2.75) is 19.8 Å². The van der Waals surface area contributed by atoms with E-state index in [1.165, 1.54) is 5.56 Å². The molecule has 1 rings (SSSR count). The summed E-state index contributed by atoms with van der Waals surface area (Å²) in [5, 5.41) is 11.8. The number of hydrogen-bond acceptors (Lipinski definition) is 2. The molecule has 0 spiro atoms. The summed E-state index contributed by atoms with van der Waals surface area (Å²) >= 11 is 0. The van der Waals surface area contributed by atoms with E-state index in [4.69, 9.17) is 5.26 Å². The van der Waals surface area contributed by atoms with Gasteiger partial charge in [-0.1, -0.05) is 18.2 Å². The smallest absolute Gasteiger partial charge is 0.0625 e. The number of rotatable bonds is 4. The van der Waals surface area contributed by atoms with Crippen molar-refractivity contribution in [3.63, 3.8) is 0 Å². The lowest BCUT2D eigenvalue weighted by molar-refractivity contribution is 1.01. The molecule has 0 aliphatic heterocycles. The number of hydrogen-bond donors (Lipinski definition) is 1. The molecule has 0 radical (unpaired) electrons. The van der Waals surface area contributed by atoms with Crippen LogP contribution in [-0.4, -0.2) is 6.54 Å². The van der Waals surface area contributed by atoms with Gasteiger partial charge in [-0.05, 0) is 25.0 Å². The molecular formula is C11H14N2. The van der Waals surface area contributed by atoms with Gasteiger partial charge in [0.05, 0.1) is 6.07 Å². The van der Waals surface area contributed by atoms with Crippen molar-refractivity contribution in [2.75, 3.05) is 11.9 Å². The predicted molar refractivity (Wildman–Crippen MR) is 54.5 cm³/mol. The van der Waals surface area contributed by atoms with Crippen LogP contribution < -0.4 is 5.32 Å². The molecule has 0 amide bonds. The number of benzene rings is 1. The van der Waals surface area contributed by atoms with Crippen molar-refractivity contribution in [3.05, 3.63) is 29.8 Å². The molecule has 13 heavy (non-hydrogen) atoms. The van der Waals surface area contributed by atoms with Gasteiger partial charge < -0.3 is 5.32 Å². The minimum Gasteiger partial charge on any atom is -0.385 e. The Bertz CT molecular complexity index is 299. The van der Waals surface area contributed by atoms with Gasteiger partial charge in [0.2, 0.25) is 0 Å². The standard InChI is InChI=1S/C11H14N2/c1-2-13-11-8-4-3-6-10(11)7-5-9-12/h3-4,6,8,13H,2,5,7H2,1H3. The Morgan fingerprint density at radius 1 is 1.38 bits per heavy atom. The molecule has 0 saturated heterocycles. The Balaban J connectivity index is 2.73. The van der Waals surface area contributed by atoms with Crippen molar-refractivity contribution in [1.82, 2.24) is 0 Å². The van der Waals surface area contributed by atoms with Crippen LogP contribution in [-0.2, 0) is 6.42 Å². The number of para-hydroxylation sites is 1. The quantitative estimate of drug-likeness (QED) is 0.761. The summed E-state index contributed by atoms with van der Waals surface area (Å²) < 4.78 is 0. The number of nitriles is 1. The van der Waals surface area contributed by atoms with Gasteiger partial charge in [-0.3, -0.25) is 0 Å². The lowest BCUT2D eigenvalue weighted by Gasteiger charge is -2.08. The topological polar surface area (TPSA) is 35.8 Å². The van der Waals surface area contributed by atoms with E-state index in [-0.39, 0.29) is 0 Å². The highest BCUT2D eigenvalue weighted by atomic mass is 14.9. The van der Waals surface area contributed by atoms with E-state index >= 15 is 0 Å². The molecule has 0 heterocycles. The first-order valence-corrected chi connectivity index (χ1v) is 4.57. The van der Waals surface area contributed by atoms with Crippen molar-refractivity contribution < 1.29 is 0 Å². The number of nitrogens with one attached hydrogen (secondary N) is 1. The van der Waals surface area contributed by atoms with Crippen molar-refractivity contribution in [3.8, 4) is 6.07 Å². The number of aryl methyl sites for hydroxylation is 1. The Hall–Kier alpha value is -1.49. The first-order valence-electron chi connectivity index (χ1n) is 4.57. The van der Waals surface area contributed by atoms with E-state index < -0.39 is 0 Å².